The standard InChI is InChI=1S/C23H23ClN2O2/c1-17-7-9-18(10-8-17)16-28-22-12-11-19(13-23(22)27-2)14-25-26-15-20-5-3-4-6-21(20)24/h3-14,26H,15-16H2,1-2H3/b25-14-. The number of hydrogen-bond donors (Lipinski definition) is 1. The van der Waals surface area contributed by atoms with E-state index < -0.39 is 0 Å². The zero-order chi connectivity index (χ0) is 19.8. The Morgan fingerprint density at radius 2 is 1.79 bits per heavy atom. The number of nitrogens with zero attached hydrogens (tertiary/aromatic N) is 1. The molecule has 0 unspecified atom stereocenters. The van der Waals surface area contributed by atoms with Gasteiger partial charge in [0, 0.05) is 5.02 Å². The molecule has 28 heavy (non-hydrogen) atoms. The van der Waals surface area contributed by atoms with E-state index in [9.17, 15) is 0 Å². The third kappa shape index (κ3) is 5.51. The molecule has 0 atom stereocenters. The van der Waals surface area contributed by atoms with Gasteiger partial charge in [-0.05, 0) is 47.9 Å². The van der Waals surface area contributed by atoms with Crippen LogP contribution in [0.5, 0.6) is 11.5 Å². The van der Waals surface area contributed by atoms with Gasteiger partial charge in [0.15, 0.2) is 11.5 Å². The van der Waals surface area contributed by atoms with Crippen LogP contribution >= 0.6 is 11.6 Å². The molecule has 3 aromatic carbocycles. The highest BCUT2D eigenvalue weighted by molar-refractivity contribution is 6.31. The maximum Gasteiger partial charge on any atom is 0.161 e. The molecule has 1 N–H and O–H groups in total. The lowest BCUT2D eigenvalue weighted by atomic mass is 10.2. The molecule has 0 bridgehead atoms. The van der Waals surface area contributed by atoms with E-state index in [4.69, 9.17) is 21.1 Å². The summed E-state index contributed by atoms with van der Waals surface area (Å²) in [6.07, 6.45) is 1.74. The van der Waals surface area contributed by atoms with E-state index >= 15 is 0 Å². The fourth-order valence-corrected chi connectivity index (χ4v) is 2.82. The van der Waals surface area contributed by atoms with Crippen LogP contribution in [0.2, 0.25) is 5.02 Å². The number of hydrogen-bond acceptors (Lipinski definition) is 4. The predicted octanol–water partition coefficient (Wildman–Crippen LogP) is 5.36. The number of hydrazone groups is 1. The normalized spacial score (nSPS) is 10.8. The van der Waals surface area contributed by atoms with Crippen molar-refractivity contribution in [3.05, 3.63) is 94.0 Å². The highest BCUT2D eigenvalue weighted by Crippen LogP contribution is 2.28. The molecule has 0 amide bonds. The Kier molecular flexibility index (Phi) is 6.93. The summed E-state index contributed by atoms with van der Waals surface area (Å²) < 4.78 is 11.4. The van der Waals surface area contributed by atoms with Crippen molar-refractivity contribution in [2.75, 3.05) is 7.11 Å². The quantitative estimate of drug-likeness (QED) is 0.413. The number of halogens is 1. The predicted molar refractivity (Wildman–Crippen MR) is 114 cm³/mol. The summed E-state index contributed by atoms with van der Waals surface area (Å²) in [6.45, 7) is 3.12. The minimum Gasteiger partial charge on any atom is -0.493 e. The summed E-state index contributed by atoms with van der Waals surface area (Å²) in [6, 6.07) is 21.7. The molecule has 0 heterocycles. The van der Waals surface area contributed by atoms with E-state index in [2.05, 4.69) is 41.7 Å². The second-order valence-corrected chi connectivity index (χ2v) is 6.78. The van der Waals surface area contributed by atoms with Crippen LogP contribution < -0.4 is 14.9 Å². The summed E-state index contributed by atoms with van der Waals surface area (Å²) in [4.78, 5) is 0. The van der Waals surface area contributed by atoms with Gasteiger partial charge in [-0.15, -0.1) is 0 Å². The van der Waals surface area contributed by atoms with Crippen LogP contribution in [-0.2, 0) is 13.2 Å². The van der Waals surface area contributed by atoms with Gasteiger partial charge < -0.3 is 14.9 Å². The van der Waals surface area contributed by atoms with E-state index in [-0.39, 0.29) is 0 Å². The molecule has 0 aromatic heterocycles. The summed E-state index contributed by atoms with van der Waals surface area (Å²) in [5.74, 6) is 1.37. The van der Waals surface area contributed by atoms with Crippen LogP contribution in [0.3, 0.4) is 0 Å². The second kappa shape index (κ2) is 9.81. The fourth-order valence-electron chi connectivity index (χ4n) is 2.62. The zero-order valence-electron chi connectivity index (χ0n) is 16.0. The van der Waals surface area contributed by atoms with Crippen molar-refractivity contribution in [2.24, 2.45) is 5.10 Å². The molecule has 0 saturated carbocycles. The van der Waals surface area contributed by atoms with Crippen molar-refractivity contribution >= 4 is 17.8 Å². The minimum atomic E-state index is 0.490. The van der Waals surface area contributed by atoms with Crippen LogP contribution in [-0.4, -0.2) is 13.3 Å². The van der Waals surface area contributed by atoms with E-state index in [1.54, 1.807) is 13.3 Å². The van der Waals surface area contributed by atoms with E-state index in [0.29, 0.717) is 24.7 Å². The smallest absolute Gasteiger partial charge is 0.161 e. The molecule has 0 spiro atoms. The fraction of sp³-hybridized carbons (Fsp3) is 0.174. The molecule has 5 heteroatoms. The van der Waals surface area contributed by atoms with Crippen molar-refractivity contribution in [3.8, 4) is 11.5 Å². The molecule has 3 aromatic rings. The van der Waals surface area contributed by atoms with Gasteiger partial charge in [-0.2, -0.15) is 5.10 Å². The first-order valence-electron chi connectivity index (χ1n) is 9.01. The van der Waals surface area contributed by atoms with E-state index in [1.165, 1.54) is 5.56 Å². The van der Waals surface area contributed by atoms with Crippen LogP contribution in [0.4, 0.5) is 0 Å². The number of nitrogens with one attached hydrogen (secondary N) is 1. The third-order valence-corrected chi connectivity index (χ3v) is 4.60. The monoisotopic (exact) mass is 394 g/mol. The molecule has 144 valence electrons. The average molecular weight is 395 g/mol. The van der Waals surface area contributed by atoms with E-state index in [1.807, 2.05) is 42.5 Å². The Morgan fingerprint density at radius 3 is 2.54 bits per heavy atom. The van der Waals surface area contributed by atoms with Gasteiger partial charge in [0.25, 0.3) is 0 Å². The highest BCUT2D eigenvalue weighted by atomic mass is 35.5. The third-order valence-electron chi connectivity index (χ3n) is 4.23. The lowest BCUT2D eigenvalue weighted by Crippen LogP contribution is -2.06. The van der Waals surface area contributed by atoms with Crippen LogP contribution in [0, 0.1) is 6.92 Å². The van der Waals surface area contributed by atoms with E-state index in [0.717, 1.165) is 21.7 Å². The number of benzene rings is 3. The van der Waals surface area contributed by atoms with Crippen molar-refractivity contribution in [2.45, 2.75) is 20.1 Å². The molecule has 0 aliphatic carbocycles. The molecule has 0 aliphatic rings. The summed E-state index contributed by atoms with van der Waals surface area (Å²) in [7, 11) is 1.63. The van der Waals surface area contributed by atoms with Gasteiger partial charge in [-0.3, -0.25) is 0 Å². The van der Waals surface area contributed by atoms with Crippen molar-refractivity contribution < 1.29 is 9.47 Å². The van der Waals surface area contributed by atoms with Crippen molar-refractivity contribution in [1.82, 2.24) is 5.43 Å². The maximum atomic E-state index is 6.14. The molecular weight excluding hydrogens is 372 g/mol. The van der Waals surface area contributed by atoms with Gasteiger partial charge >= 0.3 is 0 Å². The number of rotatable bonds is 8. The molecule has 3 rings (SSSR count). The maximum absolute atomic E-state index is 6.14. The Bertz CT molecular complexity index is 940. The first kappa shape index (κ1) is 19.8. The number of aryl methyl sites for hydroxylation is 1. The summed E-state index contributed by atoms with van der Waals surface area (Å²) in [5, 5.41) is 4.98. The van der Waals surface area contributed by atoms with Crippen molar-refractivity contribution in [1.29, 1.82) is 0 Å². The van der Waals surface area contributed by atoms with Crippen LogP contribution in [0.1, 0.15) is 22.3 Å². The number of ether oxygens (including phenoxy) is 2. The van der Waals surface area contributed by atoms with Crippen LogP contribution in [0.15, 0.2) is 71.8 Å². The SMILES string of the molecule is COc1cc(/C=N\NCc2ccccc2Cl)ccc1OCc1ccc(C)cc1. The Labute approximate surface area is 170 Å². The van der Waals surface area contributed by atoms with Gasteiger partial charge in [0.1, 0.15) is 6.61 Å². The van der Waals surface area contributed by atoms with Gasteiger partial charge in [-0.1, -0.05) is 59.6 Å². The molecule has 0 radical (unpaired) electrons. The van der Waals surface area contributed by atoms with Gasteiger partial charge in [-0.25, -0.2) is 0 Å². The topological polar surface area (TPSA) is 42.8 Å². The molecule has 0 saturated heterocycles. The lowest BCUT2D eigenvalue weighted by Gasteiger charge is -2.11. The van der Waals surface area contributed by atoms with Crippen molar-refractivity contribution in [3.63, 3.8) is 0 Å². The Morgan fingerprint density at radius 1 is 1.00 bits per heavy atom. The first-order valence-corrected chi connectivity index (χ1v) is 9.39. The average Bonchev–Trinajstić information content (AvgIpc) is 2.72. The Hall–Kier alpha value is -2.98. The molecule has 0 fully saturated rings. The Balaban J connectivity index is 1.59. The number of methoxy groups -OCH3 is 1. The zero-order valence-corrected chi connectivity index (χ0v) is 16.7. The summed E-state index contributed by atoms with van der Waals surface area (Å²) >= 11 is 6.14. The lowest BCUT2D eigenvalue weighted by molar-refractivity contribution is 0.284. The van der Waals surface area contributed by atoms with Gasteiger partial charge in [0.2, 0.25) is 0 Å². The second-order valence-electron chi connectivity index (χ2n) is 6.37. The molecular formula is C23H23ClN2O2. The van der Waals surface area contributed by atoms with Gasteiger partial charge in [0.05, 0.1) is 19.9 Å². The molecule has 4 nitrogen and oxygen atoms in total. The molecule has 0 aliphatic heterocycles. The van der Waals surface area contributed by atoms with Crippen LogP contribution in [0.25, 0.3) is 0 Å². The summed E-state index contributed by atoms with van der Waals surface area (Å²) in [5.41, 5.74) is 7.26. The first-order chi connectivity index (χ1) is 13.7. The largest absolute Gasteiger partial charge is 0.493 e. The minimum absolute atomic E-state index is 0.490. The highest BCUT2D eigenvalue weighted by Gasteiger charge is 2.06.